The van der Waals surface area contributed by atoms with Crippen LogP contribution in [0.4, 0.5) is 5.69 Å². The van der Waals surface area contributed by atoms with E-state index >= 15 is 0 Å². The molecule has 1 N–H and O–H groups in total. The van der Waals surface area contributed by atoms with E-state index in [1.165, 1.54) is 5.69 Å². The monoisotopic (exact) mass is 661 g/mol. The topological polar surface area (TPSA) is 104 Å². The molecule has 1 amide bonds. The number of likely N-dealkylation sites (tertiary alicyclic amines) is 1. The first-order valence-electron chi connectivity index (χ1n) is 16.4. The fourth-order valence-corrected chi connectivity index (χ4v) is 7.07. The molecule has 246 valence electrons. The van der Waals surface area contributed by atoms with Gasteiger partial charge < -0.3 is 24.4 Å². The van der Waals surface area contributed by atoms with Gasteiger partial charge in [-0.1, -0.05) is 50.2 Å². The number of ether oxygens (including phenoxy) is 2. The fourth-order valence-electron chi connectivity index (χ4n) is 6.09. The van der Waals surface area contributed by atoms with Crippen LogP contribution in [0.2, 0.25) is 0 Å². The molecule has 0 radical (unpaired) electrons. The molecule has 0 spiro atoms. The Hall–Kier alpha value is -4.82. The molecule has 0 aliphatic carbocycles. The number of aromatic nitrogens is 2. The highest BCUT2D eigenvalue weighted by Gasteiger charge is 2.28. The minimum Gasteiger partial charge on any atom is -0.487 e. The Bertz CT molecular complexity index is 1900. The summed E-state index contributed by atoms with van der Waals surface area (Å²) in [5, 5.41) is 20.2. The number of nitrogens with zero attached hydrogens (tertiary/aromatic N) is 5. The van der Waals surface area contributed by atoms with Crippen molar-refractivity contribution in [1.29, 1.82) is 5.26 Å². The van der Waals surface area contributed by atoms with Crippen molar-refractivity contribution < 1.29 is 19.4 Å². The molecule has 1 unspecified atom stereocenters. The number of rotatable bonds is 8. The summed E-state index contributed by atoms with van der Waals surface area (Å²) in [6, 6.07) is 31.0. The van der Waals surface area contributed by atoms with Gasteiger partial charge >= 0.3 is 0 Å². The molecule has 2 fully saturated rings. The van der Waals surface area contributed by atoms with Gasteiger partial charge in [0.05, 0.1) is 31.0 Å². The van der Waals surface area contributed by atoms with Crippen LogP contribution < -0.4 is 9.64 Å². The molecular weight excluding hydrogens is 623 g/mol. The van der Waals surface area contributed by atoms with Gasteiger partial charge in [0.1, 0.15) is 24.5 Å². The number of morpholine rings is 1. The predicted octanol–water partition coefficient (Wildman–Crippen LogP) is 6.63. The van der Waals surface area contributed by atoms with E-state index in [2.05, 4.69) is 57.4 Å². The molecule has 1 atom stereocenters. The molecule has 2 aliphatic rings. The average molecular weight is 662 g/mol. The van der Waals surface area contributed by atoms with Crippen LogP contribution >= 0.6 is 11.9 Å². The highest BCUT2D eigenvalue weighted by Crippen LogP contribution is 2.39. The summed E-state index contributed by atoms with van der Waals surface area (Å²) in [7, 11) is 0. The molecule has 5 aromatic rings. The molecule has 2 aliphatic heterocycles. The van der Waals surface area contributed by atoms with Crippen molar-refractivity contribution in [2.45, 2.75) is 31.3 Å². The van der Waals surface area contributed by atoms with Gasteiger partial charge in [0.15, 0.2) is 5.65 Å². The number of hydrogen-bond donors (Lipinski definition) is 1. The lowest BCUT2D eigenvalue weighted by molar-refractivity contribution is -0.133. The second-order valence-corrected chi connectivity index (χ2v) is 12.3. The zero-order chi connectivity index (χ0) is 33.5. The summed E-state index contributed by atoms with van der Waals surface area (Å²) >= 11 is 1.62. The van der Waals surface area contributed by atoms with E-state index in [-0.39, 0.29) is 12.0 Å². The first kappa shape index (κ1) is 33.1. The minimum absolute atomic E-state index is 0.234. The maximum Gasteiger partial charge on any atom is 0.248 e. The van der Waals surface area contributed by atoms with Crippen molar-refractivity contribution in [3.8, 4) is 34.2 Å². The maximum absolute atomic E-state index is 11.9. The van der Waals surface area contributed by atoms with Crippen LogP contribution in [0, 0.1) is 11.3 Å². The van der Waals surface area contributed by atoms with Crippen LogP contribution in [-0.4, -0.2) is 77.0 Å². The highest BCUT2D eigenvalue weighted by molar-refractivity contribution is 7.98. The van der Waals surface area contributed by atoms with Gasteiger partial charge in [0, 0.05) is 48.2 Å². The predicted molar refractivity (Wildman–Crippen MR) is 190 cm³/mol. The number of pyridine rings is 1. The summed E-state index contributed by atoms with van der Waals surface area (Å²) < 4.78 is 13.9. The van der Waals surface area contributed by atoms with E-state index in [1.54, 1.807) is 16.8 Å². The number of anilines is 1. The first-order valence-corrected chi connectivity index (χ1v) is 17.2. The van der Waals surface area contributed by atoms with Crippen molar-refractivity contribution in [2.75, 3.05) is 50.9 Å². The SMILES string of the molecule is CC.N#Cc1cc(-c2ccnc3c2cc(-c2ccc(N4CCOCC4)cc2)n3Sc2ccccc2)ccc1OC1CCN(C(=O)CO)C1. The van der Waals surface area contributed by atoms with Crippen molar-refractivity contribution >= 4 is 34.6 Å². The lowest BCUT2D eigenvalue weighted by Gasteiger charge is -2.28. The molecule has 0 saturated carbocycles. The van der Waals surface area contributed by atoms with Crippen LogP contribution in [-0.2, 0) is 9.53 Å². The number of carbonyl (C=O) groups excluding carboxylic acids is 1. The van der Waals surface area contributed by atoms with Crippen LogP contribution in [0.15, 0.2) is 96.0 Å². The Morgan fingerprint density at radius 1 is 1.00 bits per heavy atom. The molecular formula is C38H39N5O4S. The number of amides is 1. The highest BCUT2D eigenvalue weighted by atomic mass is 32.2. The van der Waals surface area contributed by atoms with Gasteiger partial charge in [-0.2, -0.15) is 5.26 Å². The number of aliphatic hydroxyl groups excluding tert-OH is 1. The smallest absolute Gasteiger partial charge is 0.248 e. The van der Waals surface area contributed by atoms with E-state index in [0.717, 1.165) is 64.6 Å². The summed E-state index contributed by atoms with van der Waals surface area (Å²) in [4.78, 5) is 21.8. The third kappa shape index (κ3) is 7.04. The van der Waals surface area contributed by atoms with E-state index < -0.39 is 6.61 Å². The van der Waals surface area contributed by atoms with E-state index in [4.69, 9.17) is 14.5 Å². The van der Waals surface area contributed by atoms with Crippen molar-refractivity contribution in [2.24, 2.45) is 0 Å². The van der Waals surface area contributed by atoms with Gasteiger partial charge in [-0.05, 0) is 77.2 Å². The van der Waals surface area contributed by atoms with Crippen LogP contribution in [0.25, 0.3) is 33.4 Å². The van der Waals surface area contributed by atoms with Crippen molar-refractivity contribution in [1.82, 2.24) is 13.9 Å². The lowest BCUT2D eigenvalue weighted by Crippen LogP contribution is -2.36. The zero-order valence-electron chi connectivity index (χ0n) is 27.2. The molecule has 4 heterocycles. The molecule has 0 bridgehead atoms. The van der Waals surface area contributed by atoms with Gasteiger partial charge in [0.25, 0.3) is 0 Å². The van der Waals surface area contributed by atoms with Gasteiger partial charge in [-0.15, -0.1) is 0 Å². The summed E-state index contributed by atoms with van der Waals surface area (Å²) in [6.45, 7) is 7.64. The Labute approximate surface area is 285 Å². The molecule has 2 saturated heterocycles. The van der Waals surface area contributed by atoms with Crippen LogP contribution in [0.5, 0.6) is 5.75 Å². The minimum atomic E-state index is -0.516. The zero-order valence-corrected chi connectivity index (χ0v) is 28.0. The van der Waals surface area contributed by atoms with Crippen LogP contribution in [0.1, 0.15) is 25.8 Å². The van der Waals surface area contributed by atoms with Gasteiger partial charge in [0.2, 0.25) is 5.91 Å². The molecule has 10 heteroatoms. The number of aliphatic hydroxyl groups is 1. The summed E-state index contributed by atoms with van der Waals surface area (Å²) in [5.74, 6) is 0.173. The molecule has 3 aromatic carbocycles. The Morgan fingerprint density at radius 2 is 1.75 bits per heavy atom. The normalized spacial score (nSPS) is 15.9. The fraction of sp³-hybridized carbons (Fsp3) is 0.289. The summed E-state index contributed by atoms with van der Waals surface area (Å²) in [6.07, 6.45) is 2.22. The van der Waals surface area contributed by atoms with Crippen molar-refractivity contribution in [3.63, 3.8) is 0 Å². The third-order valence-corrected chi connectivity index (χ3v) is 9.51. The maximum atomic E-state index is 11.9. The largest absolute Gasteiger partial charge is 0.487 e. The number of hydrogen-bond acceptors (Lipinski definition) is 8. The number of carbonyl (C=O) groups is 1. The lowest BCUT2D eigenvalue weighted by atomic mass is 10.0. The number of benzene rings is 3. The van der Waals surface area contributed by atoms with E-state index in [1.807, 2.05) is 62.5 Å². The molecule has 48 heavy (non-hydrogen) atoms. The summed E-state index contributed by atoms with van der Waals surface area (Å²) in [5.41, 5.74) is 6.39. The van der Waals surface area contributed by atoms with Gasteiger partial charge in [-0.25, -0.2) is 4.98 Å². The van der Waals surface area contributed by atoms with Crippen LogP contribution in [0.3, 0.4) is 0 Å². The molecule has 2 aromatic heterocycles. The van der Waals surface area contributed by atoms with E-state index in [0.29, 0.717) is 30.8 Å². The Balaban J connectivity index is 0.00000197. The second-order valence-electron chi connectivity index (χ2n) is 11.3. The average Bonchev–Trinajstić information content (AvgIpc) is 3.78. The van der Waals surface area contributed by atoms with Gasteiger partial charge in [-0.3, -0.25) is 8.77 Å². The molecule has 9 nitrogen and oxygen atoms in total. The second kappa shape index (κ2) is 15.4. The van der Waals surface area contributed by atoms with E-state index in [9.17, 15) is 15.2 Å². The number of fused-ring (bicyclic) bond motifs is 1. The standard InChI is InChI=1S/C36H33N5O4S.C2H6/c37-22-27-20-26(8-11-34(27)45-29-13-15-40(23-29)35(43)24-42)31-12-14-38-36-32(31)21-33(41(36)46-30-4-2-1-3-5-30)25-6-9-28(10-7-25)39-16-18-44-19-17-39;1-2/h1-12,14,20-21,29,42H,13,15-19,23-24H2;1-2H3. The third-order valence-electron chi connectivity index (χ3n) is 8.48. The van der Waals surface area contributed by atoms with Crippen molar-refractivity contribution in [3.05, 3.63) is 96.7 Å². The Kier molecular flexibility index (Phi) is 10.6. The molecule has 7 rings (SSSR count). The first-order chi connectivity index (χ1) is 23.6. The quantitative estimate of drug-likeness (QED) is 0.198. The Morgan fingerprint density at radius 3 is 2.48 bits per heavy atom. The number of nitriles is 1.